The molecule has 0 amide bonds. The van der Waals surface area contributed by atoms with Crippen LogP contribution in [0.5, 0.6) is 0 Å². The van der Waals surface area contributed by atoms with Gasteiger partial charge in [0.25, 0.3) is 0 Å². The predicted molar refractivity (Wildman–Crippen MR) is 42.9 cm³/mol. The Morgan fingerprint density at radius 3 is 2.08 bits per heavy atom. The Labute approximate surface area is 78.9 Å². The fraction of sp³-hybridized carbons (Fsp3) is 1.00. The van der Waals surface area contributed by atoms with E-state index in [2.05, 4.69) is 9.37 Å². The molecular weight excluding hydrogens is 206 g/mol. The Balaban J connectivity index is 4.37. The number of alkyl halides is 2. The molecule has 0 radical (unpaired) electrons. The second-order valence-corrected chi connectivity index (χ2v) is 3.30. The minimum absolute atomic E-state index is 0.127. The van der Waals surface area contributed by atoms with Crippen molar-refractivity contribution in [3.05, 3.63) is 0 Å². The summed E-state index contributed by atoms with van der Waals surface area (Å²) in [6.07, 6.45) is -0.253. The zero-order chi connectivity index (χ0) is 10.5. The third-order valence-electron chi connectivity index (χ3n) is 1.88. The molecule has 0 rings (SSSR count). The van der Waals surface area contributed by atoms with Crippen LogP contribution >= 0.6 is 12.0 Å². The first kappa shape index (κ1) is 13.1. The van der Waals surface area contributed by atoms with Crippen LogP contribution in [-0.2, 0) is 9.37 Å². The highest BCUT2D eigenvalue weighted by Crippen LogP contribution is 2.43. The van der Waals surface area contributed by atoms with Gasteiger partial charge in [-0.2, -0.15) is 8.78 Å². The van der Waals surface area contributed by atoms with Crippen molar-refractivity contribution < 1.29 is 28.5 Å². The molecule has 0 aromatic rings. The molecule has 0 aliphatic carbocycles. The van der Waals surface area contributed by atoms with Crippen LogP contribution < -0.4 is 0 Å². The molecule has 13 heavy (non-hydrogen) atoms. The number of hydrogen-bond acceptors (Lipinski definition) is 5. The van der Waals surface area contributed by atoms with Crippen LogP contribution in [0.25, 0.3) is 0 Å². The Morgan fingerprint density at radius 1 is 1.31 bits per heavy atom. The Kier molecular flexibility index (Phi) is 5.08. The van der Waals surface area contributed by atoms with Crippen molar-refractivity contribution in [3.8, 4) is 0 Å². The van der Waals surface area contributed by atoms with Crippen molar-refractivity contribution in [2.24, 2.45) is 0 Å². The lowest BCUT2D eigenvalue weighted by Crippen LogP contribution is -2.44. The van der Waals surface area contributed by atoms with Gasteiger partial charge in [0.2, 0.25) is 0 Å². The van der Waals surface area contributed by atoms with Gasteiger partial charge in [0.1, 0.15) is 17.6 Å². The number of hydrogen-bond donors (Lipinski definition) is 2. The quantitative estimate of drug-likeness (QED) is 0.406. The maximum atomic E-state index is 13.1. The maximum absolute atomic E-state index is 13.1. The van der Waals surface area contributed by atoms with E-state index in [1.54, 1.807) is 0 Å². The lowest BCUT2D eigenvalue weighted by atomic mass is 9.98. The van der Waals surface area contributed by atoms with Crippen LogP contribution in [0.15, 0.2) is 0 Å². The molecule has 80 valence electrons. The second kappa shape index (κ2) is 5.06. The first-order valence-electron chi connectivity index (χ1n) is 3.69. The largest absolute Gasteiger partial charge is 0.383 e. The zero-order valence-corrected chi connectivity index (χ0v) is 8.11. The van der Waals surface area contributed by atoms with Crippen molar-refractivity contribution in [1.82, 2.24) is 0 Å². The summed E-state index contributed by atoms with van der Waals surface area (Å²) < 4.78 is 29.7. The molecule has 0 atom stereocenters. The summed E-state index contributed by atoms with van der Waals surface area (Å²) >= 11 is -0.421. The standard InChI is InChI=1S/C6H12F2O4S/c1-3-5(9,4-2)6(7,8)13-12-11-10/h9-10H,3-4H2,1-2H3. The third kappa shape index (κ3) is 3.03. The minimum atomic E-state index is -3.53. The molecule has 0 spiro atoms. The van der Waals surface area contributed by atoms with E-state index in [-0.39, 0.29) is 12.8 Å². The van der Waals surface area contributed by atoms with E-state index >= 15 is 0 Å². The summed E-state index contributed by atoms with van der Waals surface area (Å²) in [5, 5.41) is 16.6. The highest BCUT2D eigenvalue weighted by Gasteiger charge is 2.52. The fourth-order valence-electron chi connectivity index (χ4n) is 0.797. The molecule has 0 aliphatic rings. The molecule has 0 saturated heterocycles. The summed E-state index contributed by atoms with van der Waals surface area (Å²) in [5.74, 6) is 0. The van der Waals surface area contributed by atoms with Crippen LogP contribution in [0.4, 0.5) is 8.78 Å². The van der Waals surface area contributed by atoms with E-state index in [0.29, 0.717) is 0 Å². The second-order valence-electron chi connectivity index (χ2n) is 2.48. The van der Waals surface area contributed by atoms with Gasteiger partial charge in [0.05, 0.1) is 0 Å². The monoisotopic (exact) mass is 218 g/mol. The molecule has 0 aromatic heterocycles. The molecule has 0 fully saturated rings. The number of aliphatic hydroxyl groups is 1. The summed E-state index contributed by atoms with van der Waals surface area (Å²) in [4.78, 5) is 0. The van der Waals surface area contributed by atoms with Crippen molar-refractivity contribution >= 4 is 12.0 Å². The Morgan fingerprint density at radius 2 is 1.77 bits per heavy atom. The van der Waals surface area contributed by atoms with E-state index in [4.69, 9.17) is 5.26 Å². The van der Waals surface area contributed by atoms with Crippen molar-refractivity contribution in [3.63, 3.8) is 0 Å². The molecule has 0 aliphatic heterocycles. The molecule has 0 bridgehead atoms. The van der Waals surface area contributed by atoms with Crippen LogP contribution in [0, 0.1) is 0 Å². The summed E-state index contributed by atoms with van der Waals surface area (Å²) in [6, 6.07) is 0. The van der Waals surface area contributed by atoms with Crippen LogP contribution in [0.2, 0.25) is 0 Å². The van der Waals surface area contributed by atoms with Crippen LogP contribution in [0.3, 0.4) is 0 Å². The van der Waals surface area contributed by atoms with Gasteiger partial charge in [-0.25, -0.2) is 5.26 Å². The minimum Gasteiger partial charge on any atom is -0.383 e. The van der Waals surface area contributed by atoms with E-state index in [1.165, 1.54) is 13.8 Å². The third-order valence-corrected chi connectivity index (χ3v) is 2.60. The van der Waals surface area contributed by atoms with Gasteiger partial charge in [0.15, 0.2) is 0 Å². The maximum Gasteiger partial charge on any atom is 0.348 e. The molecule has 0 saturated carbocycles. The van der Waals surface area contributed by atoms with Crippen molar-refractivity contribution in [2.45, 2.75) is 37.5 Å². The number of halogens is 2. The van der Waals surface area contributed by atoms with E-state index in [9.17, 15) is 13.9 Å². The fourth-order valence-corrected chi connectivity index (χ4v) is 1.36. The average Bonchev–Trinajstić information content (AvgIpc) is 2.13. The molecular formula is C6H12F2O4S. The average molecular weight is 218 g/mol. The van der Waals surface area contributed by atoms with Crippen LogP contribution in [0.1, 0.15) is 26.7 Å². The molecule has 7 heteroatoms. The molecule has 0 heterocycles. The highest BCUT2D eigenvalue weighted by molar-refractivity contribution is 7.95. The topological polar surface area (TPSA) is 58.9 Å². The number of rotatable bonds is 6. The smallest absolute Gasteiger partial charge is 0.348 e. The van der Waals surface area contributed by atoms with Gasteiger partial charge < -0.3 is 5.11 Å². The normalized spacial score (nSPS) is 13.4. The highest BCUT2D eigenvalue weighted by atomic mass is 32.2. The SMILES string of the molecule is CCC(O)(CC)C(F)(F)SOOO. The van der Waals surface area contributed by atoms with Crippen molar-refractivity contribution in [2.75, 3.05) is 0 Å². The van der Waals surface area contributed by atoms with Crippen LogP contribution in [-0.4, -0.2) is 21.2 Å². The van der Waals surface area contributed by atoms with Gasteiger partial charge >= 0.3 is 5.25 Å². The molecule has 0 aromatic carbocycles. The molecule has 4 nitrogen and oxygen atoms in total. The lowest BCUT2D eigenvalue weighted by molar-refractivity contribution is -0.434. The summed E-state index contributed by atoms with van der Waals surface area (Å²) in [5.41, 5.74) is -2.16. The molecule has 0 unspecified atom stereocenters. The van der Waals surface area contributed by atoms with Gasteiger partial charge in [-0.15, -0.1) is 4.33 Å². The molecule has 2 N–H and O–H groups in total. The first-order valence-corrected chi connectivity index (χ1v) is 4.43. The first-order chi connectivity index (χ1) is 5.93. The van der Waals surface area contributed by atoms with E-state index < -0.39 is 22.9 Å². The van der Waals surface area contributed by atoms with E-state index in [1.807, 2.05) is 0 Å². The Hall–Kier alpha value is 0.0500. The van der Waals surface area contributed by atoms with E-state index in [0.717, 1.165) is 0 Å². The predicted octanol–water partition coefficient (Wildman–Crippen LogP) is 2.20. The lowest BCUT2D eigenvalue weighted by Gasteiger charge is -2.31. The Bertz CT molecular complexity index is 152. The van der Waals surface area contributed by atoms with Gasteiger partial charge in [-0.3, -0.25) is 0 Å². The zero-order valence-electron chi connectivity index (χ0n) is 7.29. The van der Waals surface area contributed by atoms with Gasteiger partial charge in [-0.05, 0) is 12.8 Å². The van der Waals surface area contributed by atoms with Gasteiger partial charge in [-0.1, -0.05) is 18.9 Å². The summed E-state index contributed by atoms with van der Waals surface area (Å²) in [6.45, 7) is 2.86. The summed E-state index contributed by atoms with van der Waals surface area (Å²) in [7, 11) is 0. The van der Waals surface area contributed by atoms with Gasteiger partial charge in [0, 0.05) is 0 Å². The van der Waals surface area contributed by atoms with Crippen molar-refractivity contribution in [1.29, 1.82) is 0 Å².